The molecule has 0 aromatic heterocycles. The Bertz CT molecular complexity index is 285. The van der Waals surface area contributed by atoms with Crippen molar-refractivity contribution < 1.29 is 18.7 Å². The summed E-state index contributed by atoms with van der Waals surface area (Å²) in [7, 11) is 1.29. The van der Waals surface area contributed by atoms with E-state index in [4.69, 9.17) is 0 Å². The number of halogens is 1. The highest BCUT2D eigenvalue weighted by Gasteiger charge is 2.40. The first-order valence-corrected chi connectivity index (χ1v) is 6.54. The molecule has 1 fully saturated rings. The van der Waals surface area contributed by atoms with Gasteiger partial charge < -0.3 is 9.53 Å². The SMILES string of the molecule is CCC1CCC(C(C=O)C(=O)OC)N1CCCF. The highest BCUT2D eigenvalue weighted by molar-refractivity contribution is 5.88. The summed E-state index contributed by atoms with van der Waals surface area (Å²) in [4.78, 5) is 24.8. The van der Waals surface area contributed by atoms with Gasteiger partial charge in [-0.1, -0.05) is 6.92 Å². The number of ether oxygens (including phenoxy) is 1. The molecule has 1 aliphatic rings. The Kier molecular flexibility index (Phi) is 6.25. The fourth-order valence-corrected chi connectivity index (χ4v) is 2.82. The molecule has 1 aliphatic heterocycles. The van der Waals surface area contributed by atoms with Gasteiger partial charge >= 0.3 is 5.97 Å². The van der Waals surface area contributed by atoms with Crippen molar-refractivity contribution in [1.29, 1.82) is 0 Å². The molecule has 0 N–H and O–H groups in total. The molecular weight excluding hydrogens is 237 g/mol. The van der Waals surface area contributed by atoms with E-state index in [1.807, 2.05) is 0 Å². The molecule has 0 amide bonds. The van der Waals surface area contributed by atoms with Gasteiger partial charge in [-0.3, -0.25) is 14.1 Å². The maximum Gasteiger partial charge on any atom is 0.317 e. The third kappa shape index (κ3) is 3.28. The van der Waals surface area contributed by atoms with Crippen molar-refractivity contribution in [2.45, 2.75) is 44.7 Å². The van der Waals surface area contributed by atoms with Crippen LogP contribution in [0.1, 0.15) is 32.6 Å². The van der Waals surface area contributed by atoms with Crippen molar-refractivity contribution in [2.75, 3.05) is 20.3 Å². The predicted octanol–water partition coefficient (Wildman–Crippen LogP) is 1.58. The van der Waals surface area contributed by atoms with Gasteiger partial charge in [-0.2, -0.15) is 0 Å². The molecule has 18 heavy (non-hydrogen) atoms. The van der Waals surface area contributed by atoms with E-state index in [-0.39, 0.29) is 12.7 Å². The zero-order valence-corrected chi connectivity index (χ0v) is 11.1. The van der Waals surface area contributed by atoms with E-state index in [2.05, 4.69) is 16.6 Å². The van der Waals surface area contributed by atoms with Crippen molar-refractivity contribution >= 4 is 12.3 Å². The zero-order valence-electron chi connectivity index (χ0n) is 11.1. The van der Waals surface area contributed by atoms with Gasteiger partial charge in [0.25, 0.3) is 0 Å². The van der Waals surface area contributed by atoms with E-state index >= 15 is 0 Å². The van der Waals surface area contributed by atoms with Crippen LogP contribution in [0.25, 0.3) is 0 Å². The molecule has 1 saturated heterocycles. The molecule has 0 aromatic carbocycles. The van der Waals surface area contributed by atoms with Gasteiger partial charge in [-0.15, -0.1) is 0 Å². The van der Waals surface area contributed by atoms with Crippen molar-refractivity contribution in [3.8, 4) is 0 Å². The first-order valence-electron chi connectivity index (χ1n) is 6.54. The van der Waals surface area contributed by atoms with Crippen LogP contribution < -0.4 is 0 Å². The van der Waals surface area contributed by atoms with Crippen LogP contribution in [0.5, 0.6) is 0 Å². The summed E-state index contributed by atoms with van der Waals surface area (Å²) in [5.41, 5.74) is 0. The number of hydrogen-bond acceptors (Lipinski definition) is 4. The van der Waals surface area contributed by atoms with Crippen LogP contribution in [0.15, 0.2) is 0 Å². The maximum atomic E-state index is 12.3. The highest BCUT2D eigenvalue weighted by Crippen LogP contribution is 2.30. The van der Waals surface area contributed by atoms with E-state index in [9.17, 15) is 14.0 Å². The molecule has 0 aromatic rings. The van der Waals surface area contributed by atoms with Crippen molar-refractivity contribution in [2.24, 2.45) is 5.92 Å². The minimum absolute atomic E-state index is 0.133. The Morgan fingerprint density at radius 2 is 2.28 bits per heavy atom. The topological polar surface area (TPSA) is 46.6 Å². The molecule has 0 bridgehead atoms. The summed E-state index contributed by atoms with van der Waals surface area (Å²) in [5, 5.41) is 0. The fourth-order valence-electron chi connectivity index (χ4n) is 2.82. The lowest BCUT2D eigenvalue weighted by molar-refractivity contribution is -0.149. The summed E-state index contributed by atoms with van der Waals surface area (Å²) >= 11 is 0. The Labute approximate surface area is 107 Å². The summed E-state index contributed by atoms with van der Waals surface area (Å²) in [6.45, 7) is 2.30. The van der Waals surface area contributed by atoms with Crippen LogP contribution in [0.3, 0.4) is 0 Å². The quantitative estimate of drug-likeness (QED) is 0.395. The van der Waals surface area contributed by atoms with Crippen molar-refractivity contribution in [3.63, 3.8) is 0 Å². The van der Waals surface area contributed by atoms with Crippen LogP contribution in [-0.2, 0) is 14.3 Å². The van der Waals surface area contributed by atoms with Gasteiger partial charge in [-0.05, 0) is 25.7 Å². The Hall–Kier alpha value is -0.970. The number of nitrogens with zero attached hydrogens (tertiary/aromatic N) is 1. The lowest BCUT2D eigenvalue weighted by Crippen LogP contribution is -2.44. The molecule has 3 unspecified atom stereocenters. The molecule has 0 radical (unpaired) electrons. The normalized spacial score (nSPS) is 25.9. The Morgan fingerprint density at radius 3 is 2.78 bits per heavy atom. The second-order valence-corrected chi connectivity index (χ2v) is 4.67. The van der Waals surface area contributed by atoms with Gasteiger partial charge in [0, 0.05) is 18.6 Å². The third-order valence-corrected chi connectivity index (χ3v) is 3.75. The summed E-state index contributed by atoms with van der Waals surface area (Å²) in [6, 6.07) is 0.208. The second-order valence-electron chi connectivity index (χ2n) is 4.67. The number of esters is 1. The lowest BCUT2D eigenvalue weighted by Gasteiger charge is -2.31. The van der Waals surface area contributed by atoms with Crippen LogP contribution in [0.4, 0.5) is 4.39 Å². The van der Waals surface area contributed by atoms with E-state index in [0.29, 0.717) is 25.3 Å². The Balaban J connectivity index is 2.77. The first kappa shape index (κ1) is 15.1. The van der Waals surface area contributed by atoms with E-state index in [1.54, 1.807) is 0 Å². The average molecular weight is 259 g/mol. The summed E-state index contributed by atoms with van der Waals surface area (Å²) in [6.07, 6.45) is 3.81. The van der Waals surface area contributed by atoms with E-state index < -0.39 is 11.9 Å². The number of hydrogen-bond donors (Lipinski definition) is 0. The lowest BCUT2D eigenvalue weighted by atomic mass is 9.99. The number of likely N-dealkylation sites (tertiary alicyclic amines) is 1. The molecule has 1 heterocycles. The van der Waals surface area contributed by atoms with Crippen LogP contribution in [0, 0.1) is 5.92 Å². The standard InChI is InChI=1S/C13H22FNO3/c1-3-10-5-6-12(15(10)8-4-7-14)11(9-16)13(17)18-2/h9-12H,3-8H2,1-2H3. The number of carbonyl (C=O) groups excluding carboxylic acids is 2. The molecule has 1 rings (SSSR count). The number of carbonyl (C=O) groups is 2. The first-order chi connectivity index (χ1) is 8.69. The zero-order chi connectivity index (χ0) is 13.5. The number of alkyl halides is 1. The third-order valence-electron chi connectivity index (χ3n) is 3.75. The van der Waals surface area contributed by atoms with Crippen LogP contribution in [-0.4, -0.2) is 49.6 Å². The van der Waals surface area contributed by atoms with Gasteiger partial charge in [0.15, 0.2) is 0 Å². The van der Waals surface area contributed by atoms with Crippen molar-refractivity contribution in [3.05, 3.63) is 0 Å². The minimum Gasteiger partial charge on any atom is -0.468 e. The summed E-state index contributed by atoms with van der Waals surface area (Å²) in [5.74, 6) is -1.23. The second kappa shape index (κ2) is 7.46. The maximum absolute atomic E-state index is 12.3. The van der Waals surface area contributed by atoms with E-state index in [1.165, 1.54) is 7.11 Å². The van der Waals surface area contributed by atoms with Crippen LogP contribution >= 0.6 is 0 Å². The molecular formula is C13H22FNO3. The number of rotatable bonds is 7. The largest absolute Gasteiger partial charge is 0.468 e. The summed E-state index contributed by atoms with van der Waals surface area (Å²) < 4.78 is 17.0. The smallest absolute Gasteiger partial charge is 0.317 e. The van der Waals surface area contributed by atoms with E-state index in [0.717, 1.165) is 19.3 Å². The molecule has 104 valence electrons. The molecule has 4 nitrogen and oxygen atoms in total. The van der Waals surface area contributed by atoms with Gasteiger partial charge in [-0.25, -0.2) is 0 Å². The molecule has 5 heteroatoms. The van der Waals surface area contributed by atoms with Crippen LogP contribution in [0.2, 0.25) is 0 Å². The van der Waals surface area contributed by atoms with Gasteiger partial charge in [0.1, 0.15) is 12.2 Å². The van der Waals surface area contributed by atoms with Crippen molar-refractivity contribution in [1.82, 2.24) is 4.90 Å². The highest BCUT2D eigenvalue weighted by atomic mass is 19.1. The number of aldehydes is 1. The Morgan fingerprint density at radius 1 is 1.56 bits per heavy atom. The molecule has 0 saturated carbocycles. The van der Waals surface area contributed by atoms with Gasteiger partial charge in [0.2, 0.25) is 0 Å². The number of methoxy groups -OCH3 is 1. The predicted molar refractivity (Wildman–Crippen MR) is 66.0 cm³/mol. The van der Waals surface area contributed by atoms with Gasteiger partial charge in [0.05, 0.1) is 13.8 Å². The molecule has 0 spiro atoms. The fraction of sp³-hybridized carbons (Fsp3) is 0.846. The molecule has 3 atom stereocenters. The minimum atomic E-state index is -0.744. The monoisotopic (exact) mass is 259 g/mol. The molecule has 0 aliphatic carbocycles. The average Bonchev–Trinajstić information content (AvgIpc) is 2.79.